The smallest absolute Gasteiger partial charge is 0.321 e. The van der Waals surface area contributed by atoms with Crippen LogP contribution in [0.4, 0.5) is 10.5 Å². The van der Waals surface area contributed by atoms with E-state index in [1.54, 1.807) is 35.0 Å². The summed E-state index contributed by atoms with van der Waals surface area (Å²) in [5.41, 5.74) is 1.55. The van der Waals surface area contributed by atoms with Gasteiger partial charge in [0.2, 0.25) is 0 Å². The first kappa shape index (κ1) is 14.9. The van der Waals surface area contributed by atoms with Gasteiger partial charge in [-0.1, -0.05) is 27.5 Å². The van der Waals surface area contributed by atoms with Crippen LogP contribution in [0.3, 0.4) is 0 Å². The number of aromatic nitrogens is 2. The number of anilines is 1. The van der Waals surface area contributed by atoms with Gasteiger partial charge in [-0.15, -0.1) is 0 Å². The van der Waals surface area contributed by atoms with E-state index >= 15 is 0 Å². The number of urea groups is 1. The minimum Gasteiger partial charge on any atom is -0.323 e. The highest BCUT2D eigenvalue weighted by molar-refractivity contribution is 9.10. The molecule has 0 saturated heterocycles. The van der Waals surface area contributed by atoms with Crippen molar-refractivity contribution in [1.82, 2.24) is 14.7 Å². The van der Waals surface area contributed by atoms with E-state index in [9.17, 15) is 4.79 Å². The van der Waals surface area contributed by atoms with Crippen molar-refractivity contribution in [3.05, 3.63) is 45.7 Å². The van der Waals surface area contributed by atoms with Gasteiger partial charge in [0.25, 0.3) is 0 Å². The maximum Gasteiger partial charge on any atom is 0.321 e. The molecule has 1 heterocycles. The second kappa shape index (κ2) is 6.28. The Hall–Kier alpha value is -1.53. The van der Waals surface area contributed by atoms with Gasteiger partial charge in [-0.3, -0.25) is 4.68 Å². The van der Waals surface area contributed by atoms with E-state index in [0.29, 0.717) is 17.3 Å². The Kier molecular flexibility index (Phi) is 4.67. The highest BCUT2D eigenvalue weighted by Crippen LogP contribution is 2.25. The van der Waals surface area contributed by atoms with E-state index < -0.39 is 0 Å². The lowest BCUT2D eigenvalue weighted by Gasteiger charge is -2.17. The van der Waals surface area contributed by atoms with Crippen LogP contribution in [0.5, 0.6) is 0 Å². The molecule has 0 aliphatic rings. The van der Waals surface area contributed by atoms with Crippen molar-refractivity contribution >= 4 is 39.2 Å². The molecule has 20 heavy (non-hydrogen) atoms. The topological polar surface area (TPSA) is 50.2 Å². The number of carbonyl (C=O) groups excluding carboxylic acids is 1. The molecule has 0 radical (unpaired) electrons. The van der Waals surface area contributed by atoms with Gasteiger partial charge in [-0.2, -0.15) is 5.10 Å². The molecule has 1 N–H and O–H groups in total. The van der Waals surface area contributed by atoms with Gasteiger partial charge in [0.05, 0.1) is 23.5 Å². The average Bonchev–Trinajstić information content (AvgIpc) is 2.78. The molecule has 2 aromatic rings. The molecular formula is C13H14BrClN4O. The summed E-state index contributed by atoms with van der Waals surface area (Å²) in [6, 6.07) is 5.08. The first-order chi connectivity index (χ1) is 9.45. The third kappa shape index (κ3) is 3.74. The van der Waals surface area contributed by atoms with Crippen molar-refractivity contribution < 1.29 is 4.79 Å². The quantitative estimate of drug-likeness (QED) is 0.914. The lowest BCUT2D eigenvalue weighted by Crippen LogP contribution is -2.30. The Labute approximate surface area is 130 Å². The largest absolute Gasteiger partial charge is 0.323 e. The molecule has 0 fully saturated rings. The first-order valence-corrected chi connectivity index (χ1v) is 7.07. The summed E-state index contributed by atoms with van der Waals surface area (Å²) in [6.45, 7) is 0.480. The number of nitrogens with one attached hydrogen (secondary N) is 1. The molecule has 0 saturated carbocycles. The molecule has 7 heteroatoms. The molecule has 5 nitrogen and oxygen atoms in total. The SMILES string of the molecule is CN(Cc1cnn(C)c1)C(=O)Nc1ccc(Br)cc1Cl. The monoisotopic (exact) mass is 356 g/mol. The molecule has 0 unspecified atom stereocenters. The fourth-order valence-electron chi connectivity index (χ4n) is 1.70. The maximum absolute atomic E-state index is 12.1. The molecule has 0 aliphatic carbocycles. The number of carbonyl (C=O) groups is 1. The van der Waals surface area contributed by atoms with E-state index in [1.807, 2.05) is 19.3 Å². The number of amides is 2. The van der Waals surface area contributed by atoms with Gasteiger partial charge in [-0.25, -0.2) is 4.79 Å². The number of hydrogen-bond acceptors (Lipinski definition) is 2. The second-order valence-corrected chi connectivity index (χ2v) is 5.76. The van der Waals surface area contributed by atoms with Gasteiger partial charge in [-0.05, 0) is 18.2 Å². The summed E-state index contributed by atoms with van der Waals surface area (Å²) in [4.78, 5) is 13.6. The fraction of sp³-hybridized carbons (Fsp3) is 0.231. The lowest BCUT2D eigenvalue weighted by molar-refractivity contribution is 0.220. The lowest BCUT2D eigenvalue weighted by atomic mass is 10.3. The molecule has 2 amide bonds. The molecule has 2 rings (SSSR count). The Bertz CT molecular complexity index is 629. The third-order valence-electron chi connectivity index (χ3n) is 2.70. The highest BCUT2D eigenvalue weighted by Gasteiger charge is 2.12. The number of nitrogens with zero attached hydrogens (tertiary/aromatic N) is 3. The molecule has 0 aliphatic heterocycles. The summed E-state index contributed by atoms with van der Waals surface area (Å²) in [5.74, 6) is 0. The Morgan fingerprint density at radius 2 is 2.30 bits per heavy atom. The van der Waals surface area contributed by atoms with Gasteiger partial charge in [0.1, 0.15) is 0 Å². The minimum atomic E-state index is -0.224. The van der Waals surface area contributed by atoms with Crippen LogP contribution in [0.1, 0.15) is 5.56 Å². The third-order valence-corrected chi connectivity index (χ3v) is 3.50. The minimum absolute atomic E-state index is 0.224. The van der Waals surface area contributed by atoms with Crippen LogP contribution in [0.25, 0.3) is 0 Å². The first-order valence-electron chi connectivity index (χ1n) is 5.90. The number of benzene rings is 1. The summed E-state index contributed by atoms with van der Waals surface area (Å²) >= 11 is 9.39. The van der Waals surface area contributed by atoms with Crippen LogP contribution >= 0.6 is 27.5 Å². The Balaban J connectivity index is 2.00. The van der Waals surface area contributed by atoms with E-state index in [0.717, 1.165) is 10.0 Å². The second-order valence-electron chi connectivity index (χ2n) is 4.43. The van der Waals surface area contributed by atoms with E-state index in [4.69, 9.17) is 11.6 Å². The van der Waals surface area contributed by atoms with Gasteiger partial charge in [0.15, 0.2) is 0 Å². The Morgan fingerprint density at radius 1 is 1.55 bits per heavy atom. The standard InChI is InChI=1S/C13H14BrClN4O/c1-18(7-9-6-16-19(2)8-9)13(20)17-12-4-3-10(14)5-11(12)15/h3-6,8H,7H2,1-2H3,(H,17,20). The zero-order valence-corrected chi connectivity index (χ0v) is 13.4. The predicted octanol–water partition coefficient (Wildman–Crippen LogP) is 3.50. The van der Waals surface area contributed by atoms with Crippen LogP contribution in [-0.2, 0) is 13.6 Å². The highest BCUT2D eigenvalue weighted by atomic mass is 79.9. The summed E-state index contributed by atoms with van der Waals surface area (Å²) in [6.07, 6.45) is 3.60. The van der Waals surface area contributed by atoms with Gasteiger partial charge >= 0.3 is 6.03 Å². The van der Waals surface area contributed by atoms with Gasteiger partial charge < -0.3 is 10.2 Å². The van der Waals surface area contributed by atoms with Gasteiger partial charge in [0, 0.05) is 30.3 Å². The van der Waals surface area contributed by atoms with Crippen molar-refractivity contribution in [2.45, 2.75) is 6.54 Å². The number of hydrogen-bond donors (Lipinski definition) is 1. The summed E-state index contributed by atoms with van der Waals surface area (Å²) in [7, 11) is 3.56. The molecule has 106 valence electrons. The molecule has 0 atom stereocenters. The number of halogens is 2. The normalized spacial score (nSPS) is 10.4. The van der Waals surface area contributed by atoms with Crippen molar-refractivity contribution in [3.8, 4) is 0 Å². The number of aryl methyl sites for hydroxylation is 1. The van der Waals surface area contributed by atoms with Crippen LogP contribution in [-0.4, -0.2) is 27.8 Å². The van der Waals surface area contributed by atoms with Crippen molar-refractivity contribution in [2.24, 2.45) is 7.05 Å². The van der Waals surface area contributed by atoms with Crippen LogP contribution < -0.4 is 5.32 Å². The van der Waals surface area contributed by atoms with E-state index in [1.165, 1.54) is 0 Å². The zero-order chi connectivity index (χ0) is 14.7. The zero-order valence-electron chi connectivity index (χ0n) is 11.1. The van der Waals surface area contributed by atoms with E-state index in [-0.39, 0.29) is 6.03 Å². The fourth-order valence-corrected chi connectivity index (χ4v) is 2.42. The summed E-state index contributed by atoms with van der Waals surface area (Å²) < 4.78 is 2.57. The summed E-state index contributed by atoms with van der Waals surface area (Å²) in [5, 5.41) is 7.33. The molecular weight excluding hydrogens is 344 g/mol. The number of rotatable bonds is 3. The van der Waals surface area contributed by atoms with E-state index in [2.05, 4.69) is 26.3 Å². The van der Waals surface area contributed by atoms with Crippen LogP contribution in [0.2, 0.25) is 5.02 Å². The predicted molar refractivity (Wildman–Crippen MR) is 82.8 cm³/mol. The molecule has 0 bridgehead atoms. The Morgan fingerprint density at radius 3 is 2.90 bits per heavy atom. The van der Waals surface area contributed by atoms with Crippen molar-refractivity contribution in [2.75, 3.05) is 12.4 Å². The molecule has 1 aromatic carbocycles. The van der Waals surface area contributed by atoms with Crippen LogP contribution in [0, 0.1) is 0 Å². The maximum atomic E-state index is 12.1. The van der Waals surface area contributed by atoms with Crippen molar-refractivity contribution in [1.29, 1.82) is 0 Å². The van der Waals surface area contributed by atoms with Crippen molar-refractivity contribution in [3.63, 3.8) is 0 Å². The molecule has 1 aromatic heterocycles. The average molecular weight is 358 g/mol. The molecule has 0 spiro atoms. The van der Waals surface area contributed by atoms with Crippen LogP contribution in [0.15, 0.2) is 35.1 Å².